The number of hydrogen-bond donors (Lipinski definition) is 1. The van der Waals surface area contributed by atoms with E-state index in [1.54, 1.807) is 0 Å². The molecule has 0 aromatic carbocycles. The third kappa shape index (κ3) is 7.31. The monoisotopic (exact) mass is 268 g/mol. The molecule has 1 heterocycles. The summed E-state index contributed by atoms with van der Waals surface area (Å²) in [5.74, 6) is 0.973. The van der Waals surface area contributed by atoms with Crippen molar-refractivity contribution >= 4 is 0 Å². The van der Waals surface area contributed by atoms with Crippen LogP contribution in [-0.4, -0.2) is 36.6 Å². The van der Waals surface area contributed by atoms with E-state index in [4.69, 9.17) is 0 Å². The SMILES string of the molecule is CCC1CCCN(CC(C)(C)CNC(C)(C)C)CC1. The van der Waals surface area contributed by atoms with E-state index in [1.807, 2.05) is 0 Å². The van der Waals surface area contributed by atoms with Crippen LogP contribution in [0.5, 0.6) is 0 Å². The van der Waals surface area contributed by atoms with Crippen LogP contribution in [0.2, 0.25) is 0 Å². The molecule has 0 aromatic heterocycles. The fourth-order valence-electron chi connectivity index (χ4n) is 2.96. The summed E-state index contributed by atoms with van der Waals surface area (Å²) >= 11 is 0. The van der Waals surface area contributed by atoms with E-state index in [0.717, 1.165) is 12.5 Å². The van der Waals surface area contributed by atoms with Crippen molar-refractivity contribution in [3.63, 3.8) is 0 Å². The van der Waals surface area contributed by atoms with Gasteiger partial charge in [-0.05, 0) is 64.5 Å². The summed E-state index contributed by atoms with van der Waals surface area (Å²) in [4.78, 5) is 2.69. The molecule has 0 aliphatic carbocycles. The first-order chi connectivity index (χ1) is 8.72. The molecule has 1 aliphatic rings. The Hall–Kier alpha value is -0.0800. The average Bonchev–Trinajstić information content (AvgIpc) is 2.50. The lowest BCUT2D eigenvalue weighted by atomic mass is 9.91. The van der Waals surface area contributed by atoms with E-state index < -0.39 is 0 Å². The Bertz CT molecular complexity index is 252. The molecule has 0 aromatic rings. The molecule has 0 spiro atoms. The lowest BCUT2D eigenvalue weighted by Gasteiger charge is -2.35. The van der Waals surface area contributed by atoms with E-state index in [2.05, 4.69) is 51.8 Å². The minimum atomic E-state index is 0.226. The van der Waals surface area contributed by atoms with Crippen molar-refractivity contribution in [2.24, 2.45) is 11.3 Å². The quantitative estimate of drug-likeness (QED) is 0.813. The Morgan fingerprint density at radius 1 is 1.05 bits per heavy atom. The summed E-state index contributed by atoms with van der Waals surface area (Å²) in [7, 11) is 0. The van der Waals surface area contributed by atoms with Gasteiger partial charge in [0.2, 0.25) is 0 Å². The molecule has 0 bridgehead atoms. The van der Waals surface area contributed by atoms with Crippen LogP contribution in [-0.2, 0) is 0 Å². The van der Waals surface area contributed by atoms with Gasteiger partial charge < -0.3 is 10.2 Å². The lowest BCUT2D eigenvalue weighted by molar-refractivity contribution is 0.168. The standard InChI is InChI=1S/C17H36N2/c1-7-15-9-8-11-19(12-10-15)14-17(5,6)13-18-16(2,3)4/h15,18H,7-14H2,1-6H3. The van der Waals surface area contributed by atoms with Crippen molar-refractivity contribution in [3.8, 4) is 0 Å². The summed E-state index contributed by atoms with van der Waals surface area (Å²) < 4.78 is 0. The van der Waals surface area contributed by atoms with Crippen molar-refractivity contribution in [1.82, 2.24) is 10.2 Å². The minimum absolute atomic E-state index is 0.226. The molecule has 1 saturated heterocycles. The van der Waals surface area contributed by atoms with Crippen LogP contribution >= 0.6 is 0 Å². The molecule has 0 amide bonds. The number of nitrogens with zero attached hydrogens (tertiary/aromatic N) is 1. The molecular formula is C17H36N2. The molecule has 1 rings (SSSR count). The number of nitrogens with one attached hydrogen (secondary N) is 1. The molecule has 2 heteroatoms. The molecule has 0 saturated carbocycles. The maximum absolute atomic E-state index is 3.66. The third-order valence-electron chi connectivity index (χ3n) is 4.27. The minimum Gasteiger partial charge on any atom is -0.311 e. The van der Waals surface area contributed by atoms with Crippen LogP contribution in [0.3, 0.4) is 0 Å². The number of likely N-dealkylation sites (tertiary alicyclic amines) is 1. The Morgan fingerprint density at radius 3 is 2.32 bits per heavy atom. The maximum Gasteiger partial charge on any atom is 0.00967 e. The summed E-state index contributed by atoms with van der Waals surface area (Å²) in [6, 6.07) is 0. The number of hydrogen-bond acceptors (Lipinski definition) is 2. The van der Waals surface area contributed by atoms with Gasteiger partial charge >= 0.3 is 0 Å². The molecule has 1 aliphatic heterocycles. The smallest absolute Gasteiger partial charge is 0.00967 e. The van der Waals surface area contributed by atoms with Crippen molar-refractivity contribution in [2.45, 2.75) is 72.8 Å². The zero-order valence-electron chi connectivity index (χ0n) is 14.2. The third-order valence-corrected chi connectivity index (χ3v) is 4.27. The molecule has 114 valence electrons. The first-order valence-corrected chi connectivity index (χ1v) is 8.19. The van der Waals surface area contributed by atoms with Gasteiger partial charge in [0.1, 0.15) is 0 Å². The van der Waals surface area contributed by atoms with E-state index >= 15 is 0 Å². The fourth-order valence-corrected chi connectivity index (χ4v) is 2.96. The summed E-state index contributed by atoms with van der Waals surface area (Å²) in [5, 5.41) is 3.66. The molecule has 19 heavy (non-hydrogen) atoms. The normalized spacial score (nSPS) is 23.4. The van der Waals surface area contributed by atoms with Crippen LogP contribution in [0.25, 0.3) is 0 Å². The van der Waals surface area contributed by atoms with E-state index in [1.165, 1.54) is 45.3 Å². The zero-order chi connectivity index (χ0) is 14.5. The highest BCUT2D eigenvalue weighted by Crippen LogP contribution is 2.24. The summed E-state index contributed by atoms with van der Waals surface area (Å²) in [6.45, 7) is 18.8. The van der Waals surface area contributed by atoms with Crippen molar-refractivity contribution < 1.29 is 0 Å². The fraction of sp³-hybridized carbons (Fsp3) is 1.00. The van der Waals surface area contributed by atoms with E-state index in [9.17, 15) is 0 Å². The first-order valence-electron chi connectivity index (χ1n) is 8.19. The molecule has 1 unspecified atom stereocenters. The van der Waals surface area contributed by atoms with Gasteiger partial charge in [0.25, 0.3) is 0 Å². The van der Waals surface area contributed by atoms with Crippen molar-refractivity contribution in [3.05, 3.63) is 0 Å². The lowest BCUT2D eigenvalue weighted by Crippen LogP contribution is -2.46. The second kappa shape index (κ2) is 7.08. The Labute approximate surface area is 121 Å². The molecule has 1 N–H and O–H groups in total. The van der Waals surface area contributed by atoms with E-state index in [-0.39, 0.29) is 5.54 Å². The van der Waals surface area contributed by atoms with Gasteiger partial charge in [0.15, 0.2) is 0 Å². The van der Waals surface area contributed by atoms with Gasteiger partial charge in [-0.2, -0.15) is 0 Å². The zero-order valence-corrected chi connectivity index (χ0v) is 14.2. The van der Waals surface area contributed by atoms with Gasteiger partial charge in [-0.25, -0.2) is 0 Å². The first kappa shape index (κ1) is 17.0. The Kier molecular flexibility index (Phi) is 6.32. The van der Waals surface area contributed by atoms with Crippen LogP contribution in [0, 0.1) is 11.3 Å². The van der Waals surface area contributed by atoms with Crippen LogP contribution < -0.4 is 5.32 Å². The molecule has 2 nitrogen and oxygen atoms in total. The van der Waals surface area contributed by atoms with Gasteiger partial charge in [-0.1, -0.05) is 27.2 Å². The van der Waals surface area contributed by atoms with Gasteiger partial charge in [0.05, 0.1) is 0 Å². The molecular weight excluding hydrogens is 232 g/mol. The largest absolute Gasteiger partial charge is 0.311 e. The molecule has 0 radical (unpaired) electrons. The summed E-state index contributed by atoms with van der Waals surface area (Å²) in [5.41, 5.74) is 0.586. The topological polar surface area (TPSA) is 15.3 Å². The van der Waals surface area contributed by atoms with Crippen molar-refractivity contribution in [1.29, 1.82) is 0 Å². The van der Waals surface area contributed by atoms with E-state index in [0.29, 0.717) is 5.41 Å². The molecule has 1 fully saturated rings. The molecule has 1 atom stereocenters. The highest BCUT2D eigenvalue weighted by atomic mass is 15.1. The van der Waals surface area contributed by atoms with Gasteiger partial charge in [-0.15, -0.1) is 0 Å². The second-order valence-electron chi connectivity index (χ2n) is 8.25. The highest BCUT2D eigenvalue weighted by Gasteiger charge is 2.25. The second-order valence-corrected chi connectivity index (χ2v) is 8.25. The Balaban J connectivity index is 2.39. The predicted octanol–water partition coefficient (Wildman–Crippen LogP) is 3.91. The van der Waals surface area contributed by atoms with Crippen LogP contribution in [0.15, 0.2) is 0 Å². The van der Waals surface area contributed by atoms with Crippen molar-refractivity contribution in [2.75, 3.05) is 26.2 Å². The van der Waals surface area contributed by atoms with Crippen LogP contribution in [0.4, 0.5) is 0 Å². The number of rotatable bonds is 5. The Morgan fingerprint density at radius 2 is 1.74 bits per heavy atom. The van der Waals surface area contributed by atoms with Gasteiger partial charge in [-0.3, -0.25) is 0 Å². The average molecular weight is 268 g/mol. The summed E-state index contributed by atoms with van der Waals surface area (Å²) in [6.07, 6.45) is 5.59. The highest BCUT2D eigenvalue weighted by molar-refractivity contribution is 4.82. The van der Waals surface area contributed by atoms with Crippen LogP contribution in [0.1, 0.15) is 67.2 Å². The van der Waals surface area contributed by atoms with Gasteiger partial charge in [0, 0.05) is 18.6 Å². The predicted molar refractivity (Wildman–Crippen MR) is 85.6 cm³/mol. The maximum atomic E-state index is 3.66.